The largest absolute Gasteiger partial charge is 0.481 e. The molecule has 0 bridgehead atoms. The van der Waals surface area contributed by atoms with E-state index in [1.807, 2.05) is 0 Å². The minimum absolute atomic E-state index is 0.0738. The van der Waals surface area contributed by atoms with Gasteiger partial charge in [0.05, 0.1) is 20.3 Å². The Bertz CT molecular complexity index is 1140. The van der Waals surface area contributed by atoms with E-state index in [-0.39, 0.29) is 23.4 Å². The third kappa shape index (κ3) is 3.78. The maximum atomic E-state index is 14.2. The smallest absolute Gasteiger partial charge is 0.335 e. The van der Waals surface area contributed by atoms with Crippen molar-refractivity contribution in [3.63, 3.8) is 0 Å². The van der Waals surface area contributed by atoms with Gasteiger partial charge in [-0.1, -0.05) is 6.07 Å². The van der Waals surface area contributed by atoms with Gasteiger partial charge in [0.15, 0.2) is 0 Å². The minimum Gasteiger partial charge on any atom is -0.481 e. The molecule has 3 rings (SSSR count). The third-order valence-corrected chi connectivity index (χ3v) is 4.82. The van der Waals surface area contributed by atoms with Crippen LogP contribution in [0.4, 0.5) is 15.1 Å². The Morgan fingerprint density at radius 2 is 1.79 bits per heavy atom. The summed E-state index contributed by atoms with van der Waals surface area (Å²) in [5.41, 5.74) is 0.743. The number of rotatable bonds is 5. The van der Waals surface area contributed by atoms with E-state index in [0.717, 1.165) is 4.40 Å². The average Bonchev–Trinajstić information content (AvgIpc) is 2.96. The number of imidazole rings is 1. The molecule has 0 saturated heterocycles. The van der Waals surface area contributed by atoms with E-state index in [1.54, 1.807) is 17.7 Å². The molecule has 0 atom stereocenters. The first kappa shape index (κ1) is 19.3. The first-order chi connectivity index (χ1) is 13.2. The summed E-state index contributed by atoms with van der Waals surface area (Å²) in [6, 6.07) is 3.24. The summed E-state index contributed by atoms with van der Waals surface area (Å²) in [5, 5.41) is 1.32. The summed E-state index contributed by atoms with van der Waals surface area (Å²) in [4.78, 5) is 23.3. The first-order valence-electron chi connectivity index (χ1n) is 7.68. The predicted octanol–water partition coefficient (Wildman–Crippen LogP) is 1.10. The monoisotopic (exact) mass is 410 g/mol. The van der Waals surface area contributed by atoms with E-state index in [4.69, 9.17) is 9.47 Å². The van der Waals surface area contributed by atoms with Gasteiger partial charge >= 0.3 is 6.03 Å². The summed E-state index contributed by atoms with van der Waals surface area (Å²) in [6.45, 7) is 1.70. The maximum absolute atomic E-state index is 14.2. The number of pyridine rings is 1. The molecule has 0 spiro atoms. The van der Waals surface area contributed by atoms with Gasteiger partial charge in [0.25, 0.3) is 16.0 Å². The summed E-state index contributed by atoms with van der Waals surface area (Å²) < 4.78 is 51.8. The van der Waals surface area contributed by atoms with Gasteiger partial charge in [0.1, 0.15) is 5.65 Å². The molecule has 3 aromatic rings. The molecule has 0 aliphatic rings. The Morgan fingerprint density at radius 1 is 1.14 bits per heavy atom. The lowest BCUT2D eigenvalue weighted by molar-refractivity contribution is 0.256. The highest BCUT2D eigenvalue weighted by atomic mass is 32.2. The van der Waals surface area contributed by atoms with Gasteiger partial charge in [-0.15, -0.1) is 0 Å². The second-order valence-electron chi connectivity index (χ2n) is 5.48. The number of amides is 2. The summed E-state index contributed by atoms with van der Waals surface area (Å²) >= 11 is 0. The maximum Gasteiger partial charge on any atom is 0.335 e. The number of ether oxygens (including phenoxy) is 2. The molecule has 0 radical (unpaired) electrons. The fourth-order valence-corrected chi connectivity index (χ4v) is 3.37. The second kappa shape index (κ2) is 7.26. The summed E-state index contributed by atoms with van der Waals surface area (Å²) in [6.07, 6.45) is 1.38. The third-order valence-electron chi connectivity index (χ3n) is 3.49. The van der Waals surface area contributed by atoms with Crippen LogP contribution in [0.5, 0.6) is 11.8 Å². The SMILES string of the molecule is COc1cc(OC)nc(NC(=O)NS(=O)(=O)c2c(F)nc3ccc(C)cn23)n1. The topological polar surface area (TPSA) is 137 Å². The van der Waals surface area contributed by atoms with Crippen molar-refractivity contribution in [3.8, 4) is 11.8 Å². The van der Waals surface area contributed by atoms with Crippen LogP contribution < -0.4 is 19.5 Å². The average molecular weight is 410 g/mol. The number of sulfonamides is 1. The van der Waals surface area contributed by atoms with Crippen molar-refractivity contribution in [2.24, 2.45) is 0 Å². The predicted molar refractivity (Wildman–Crippen MR) is 94.4 cm³/mol. The summed E-state index contributed by atoms with van der Waals surface area (Å²) in [7, 11) is -1.92. The van der Waals surface area contributed by atoms with Gasteiger partial charge in [-0.05, 0) is 18.6 Å². The minimum atomic E-state index is -4.60. The number of carbonyl (C=O) groups excluding carboxylic acids is 1. The lowest BCUT2D eigenvalue weighted by Gasteiger charge is -2.09. The number of urea groups is 1. The first-order valence-corrected chi connectivity index (χ1v) is 9.17. The molecule has 2 amide bonds. The number of fused-ring (bicyclic) bond motifs is 1. The van der Waals surface area contributed by atoms with Gasteiger partial charge in [0.2, 0.25) is 22.7 Å². The molecular weight excluding hydrogens is 395 g/mol. The van der Waals surface area contributed by atoms with Crippen molar-refractivity contribution in [1.29, 1.82) is 0 Å². The van der Waals surface area contributed by atoms with E-state index in [0.29, 0.717) is 5.56 Å². The molecule has 3 heterocycles. The van der Waals surface area contributed by atoms with Gasteiger partial charge in [-0.25, -0.2) is 9.52 Å². The number of aromatic nitrogens is 4. The van der Waals surface area contributed by atoms with Crippen molar-refractivity contribution in [2.75, 3.05) is 19.5 Å². The zero-order valence-corrected chi connectivity index (χ0v) is 15.7. The zero-order chi connectivity index (χ0) is 20.5. The van der Waals surface area contributed by atoms with Crippen LogP contribution >= 0.6 is 0 Å². The number of nitrogens with one attached hydrogen (secondary N) is 2. The molecule has 11 nitrogen and oxygen atoms in total. The number of carbonyl (C=O) groups is 1. The normalized spacial score (nSPS) is 11.3. The van der Waals surface area contributed by atoms with Gasteiger partial charge in [-0.2, -0.15) is 27.8 Å². The van der Waals surface area contributed by atoms with Crippen LogP contribution in [0.1, 0.15) is 5.56 Å². The van der Waals surface area contributed by atoms with Crippen LogP contribution in [0.25, 0.3) is 5.65 Å². The van der Waals surface area contributed by atoms with E-state index in [1.165, 1.54) is 32.5 Å². The Kier molecular flexibility index (Phi) is 5.00. The molecule has 28 heavy (non-hydrogen) atoms. The van der Waals surface area contributed by atoms with Crippen molar-refractivity contribution in [1.82, 2.24) is 24.1 Å². The molecule has 0 unspecified atom stereocenters. The van der Waals surface area contributed by atoms with Crippen LogP contribution in [0.2, 0.25) is 0 Å². The lowest BCUT2D eigenvalue weighted by atomic mass is 10.3. The number of anilines is 1. The Hall–Kier alpha value is -3.48. The van der Waals surface area contributed by atoms with E-state index >= 15 is 0 Å². The number of aryl methyl sites for hydroxylation is 1. The zero-order valence-electron chi connectivity index (χ0n) is 14.9. The van der Waals surface area contributed by atoms with Crippen LogP contribution in [-0.2, 0) is 10.0 Å². The van der Waals surface area contributed by atoms with Crippen LogP contribution in [0.15, 0.2) is 29.4 Å². The lowest BCUT2D eigenvalue weighted by Crippen LogP contribution is -2.36. The second-order valence-corrected chi connectivity index (χ2v) is 7.08. The fourth-order valence-electron chi connectivity index (χ4n) is 2.31. The standard InChI is InChI=1S/C15H15FN6O5S/c1-8-4-5-9-17-12(16)13(22(9)7-8)28(24,25)21-15(23)20-14-18-10(26-2)6-11(19-14)27-3/h4-7H,1-3H3,(H2,18,19,20,21,23). The van der Waals surface area contributed by atoms with Crippen molar-refractivity contribution in [3.05, 3.63) is 35.9 Å². The molecule has 148 valence electrons. The van der Waals surface area contributed by atoms with E-state index in [2.05, 4.69) is 20.3 Å². The Balaban J connectivity index is 1.88. The van der Waals surface area contributed by atoms with Gasteiger partial charge in [0, 0.05) is 6.20 Å². The number of nitrogens with zero attached hydrogens (tertiary/aromatic N) is 4. The van der Waals surface area contributed by atoms with Gasteiger partial charge in [-0.3, -0.25) is 9.72 Å². The summed E-state index contributed by atoms with van der Waals surface area (Å²) in [5.74, 6) is -1.37. The van der Waals surface area contributed by atoms with Crippen molar-refractivity contribution >= 4 is 27.6 Å². The molecule has 13 heteroatoms. The highest BCUT2D eigenvalue weighted by Crippen LogP contribution is 2.19. The molecule has 0 saturated carbocycles. The Morgan fingerprint density at radius 3 is 2.39 bits per heavy atom. The van der Waals surface area contributed by atoms with Crippen LogP contribution in [0, 0.1) is 12.9 Å². The number of hydrogen-bond donors (Lipinski definition) is 2. The number of halogens is 1. The Labute approximate surface area is 158 Å². The molecule has 2 N–H and O–H groups in total. The van der Waals surface area contributed by atoms with Crippen molar-refractivity contribution in [2.45, 2.75) is 11.9 Å². The molecule has 0 aliphatic carbocycles. The highest BCUT2D eigenvalue weighted by Gasteiger charge is 2.28. The highest BCUT2D eigenvalue weighted by molar-refractivity contribution is 7.90. The number of hydrogen-bond acceptors (Lipinski definition) is 8. The van der Waals surface area contributed by atoms with E-state index < -0.39 is 27.0 Å². The van der Waals surface area contributed by atoms with Crippen LogP contribution in [-0.4, -0.2) is 48.0 Å². The molecule has 0 aromatic carbocycles. The van der Waals surface area contributed by atoms with Crippen LogP contribution in [0.3, 0.4) is 0 Å². The molecule has 0 fully saturated rings. The molecular formula is C15H15FN6O5S. The molecule has 3 aromatic heterocycles. The molecule has 0 aliphatic heterocycles. The fraction of sp³-hybridized carbons (Fsp3) is 0.200. The van der Waals surface area contributed by atoms with E-state index in [9.17, 15) is 17.6 Å². The number of methoxy groups -OCH3 is 2. The quantitative estimate of drug-likeness (QED) is 0.638. The van der Waals surface area contributed by atoms with Gasteiger partial charge < -0.3 is 9.47 Å². The van der Waals surface area contributed by atoms with Crippen molar-refractivity contribution < 1.29 is 27.1 Å².